The van der Waals surface area contributed by atoms with Gasteiger partial charge in [-0.25, -0.2) is 4.90 Å². The molecule has 0 bridgehead atoms. The fourth-order valence-corrected chi connectivity index (χ4v) is 1.74. The number of allylic oxidation sites excluding steroid dienone is 1. The molecule has 2 amide bonds. The van der Waals surface area contributed by atoms with E-state index < -0.39 is 23.4 Å². The van der Waals surface area contributed by atoms with Gasteiger partial charge in [0.15, 0.2) is 11.5 Å². The number of aliphatic hydroxyl groups is 1. The van der Waals surface area contributed by atoms with Gasteiger partial charge in [0.05, 0.1) is 5.70 Å². The molecule has 0 aromatic rings. The van der Waals surface area contributed by atoms with E-state index in [1.54, 1.807) is 13.8 Å². The zero-order valence-electron chi connectivity index (χ0n) is 10.1. The zero-order valence-corrected chi connectivity index (χ0v) is 10.1. The normalized spacial score (nSPS) is 18.2. The predicted octanol–water partition coefficient (Wildman–Crippen LogP) is 1.46. The number of Topliss-reactive ketones (excluding diaryl/α,β-unsaturated/α-hetero) is 1. The second kappa shape index (κ2) is 4.95. The lowest BCUT2D eigenvalue weighted by Crippen LogP contribution is -2.31. The maximum absolute atomic E-state index is 11.9. The van der Waals surface area contributed by atoms with Crippen molar-refractivity contribution in [1.82, 2.24) is 4.90 Å². The molecule has 0 radical (unpaired) electrons. The first-order valence-electron chi connectivity index (χ1n) is 5.43. The average Bonchev–Trinajstić information content (AvgIpc) is 2.49. The van der Waals surface area contributed by atoms with Crippen molar-refractivity contribution in [2.45, 2.75) is 33.6 Å². The van der Waals surface area contributed by atoms with Gasteiger partial charge in [-0.15, -0.1) is 0 Å². The van der Waals surface area contributed by atoms with Gasteiger partial charge in [-0.3, -0.25) is 14.4 Å². The molecule has 0 aliphatic carbocycles. The molecule has 0 aromatic heterocycles. The molecule has 17 heavy (non-hydrogen) atoms. The average molecular weight is 237 g/mol. The number of carbonyl (C=O) groups excluding carboxylic acids is 3. The quantitative estimate of drug-likeness (QED) is 0.754. The smallest absolute Gasteiger partial charge is 0.272 e. The fraction of sp³-hybridized carbons (Fsp3) is 0.417. The van der Waals surface area contributed by atoms with Crippen molar-refractivity contribution in [3.8, 4) is 0 Å². The molecule has 0 aromatic carbocycles. The van der Waals surface area contributed by atoms with Gasteiger partial charge in [-0.1, -0.05) is 13.0 Å². The van der Waals surface area contributed by atoms with Gasteiger partial charge in [0.1, 0.15) is 5.57 Å². The molecule has 5 nitrogen and oxygen atoms in total. The van der Waals surface area contributed by atoms with E-state index in [1.807, 2.05) is 0 Å². The summed E-state index contributed by atoms with van der Waals surface area (Å²) in [7, 11) is 0. The monoisotopic (exact) mass is 237 g/mol. The molecule has 92 valence electrons. The second-order valence-electron chi connectivity index (χ2n) is 3.73. The minimum Gasteiger partial charge on any atom is -0.505 e. The molecular weight excluding hydrogens is 222 g/mol. The van der Waals surface area contributed by atoms with Crippen LogP contribution in [-0.4, -0.2) is 27.6 Å². The Labute approximate surface area is 99.4 Å². The number of aliphatic hydroxyl groups excluding tert-OH is 1. The minimum absolute atomic E-state index is 0.0851. The van der Waals surface area contributed by atoms with Crippen LogP contribution in [0.2, 0.25) is 0 Å². The lowest BCUT2D eigenvalue weighted by Gasteiger charge is -2.13. The number of ketones is 1. The molecule has 0 spiro atoms. The number of amides is 2. The molecule has 1 rings (SSSR count). The number of imide groups is 1. The summed E-state index contributed by atoms with van der Waals surface area (Å²) in [5, 5.41) is 9.81. The van der Waals surface area contributed by atoms with Gasteiger partial charge in [0.2, 0.25) is 5.91 Å². The summed E-state index contributed by atoms with van der Waals surface area (Å²) in [5.41, 5.74) is -0.197. The van der Waals surface area contributed by atoms with Crippen molar-refractivity contribution in [3.05, 3.63) is 23.1 Å². The lowest BCUT2D eigenvalue weighted by molar-refractivity contribution is -0.138. The maximum atomic E-state index is 11.9. The van der Waals surface area contributed by atoms with E-state index in [9.17, 15) is 19.5 Å². The zero-order chi connectivity index (χ0) is 13.2. The van der Waals surface area contributed by atoms with Crippen LogP contribution in [0.3, 0.4) is 0 Å². The Kier molecular flexibility index (Phi) is 3.83. The molecule has 1 aliphatic heterocycles. The predicted molar refractivity (Wildman–Crippen MR) is 60.9 cm³/mol. The third-order valence-electron chi connectivity index (χ3n) is 2.48. The topological polar surface area (TPSA) is 74.7 Å². The van der Waals surface area contributed by atoms with Gasteiger partial charge in [-0.2, -0.15) is 0 Å². The van der Waals surface area contributed by atoms with Crippen molar-refractivity contribution >= 4 is 17.6 Å². The number of hydrogen-bond donors (Lipinski definition) is 1. The van der Waals surface area contributed by atoms with Gasteiger partial charge >= 0.3 is 0 Å². The summed E-state index contributed by atoms with van der Waals surface area (Å²) >= 11 is 0. The van der Waals surface area contributed by atoms with E-state index in [2.05, 4.69) is 0 Å². The molecular formula is C12H15NO4. The van der Waals surface area contributed by atoms with Crippen molar-refractivity contribution in [3.63, 3.8) is 0 Å². The van der Waals surface area contributed by atoms with Crippen LogP contribution in [0.25, 0.3) is 0 Å². The summed E-state index contributed by atoms with van der Waals surface area (Å²) in [5.74, 6) is -2.08. The van der Waals surface area contributed by atoms with E-state index in [0.717, 1.165) is 4.90 Å². The van der Waals surface area contributed by atoms with Crippen LogP contribution >= 0.6 is 0 Å². The fourth-order valence-electron chi connectivity index (χ4n) is 1.74. The summed E-state index contributed by atoms with van der Waals surface area (Å²) in [6.07, 6.45) is 2.18. The van der Waals surface area contributed by atoms with Crippen molar-refractivity contribution in [1.29, 1.82) is 0 Å². The molecule has 0 unspecified atom stereocenters. The number of carbonyl (C=O) groups is 3. The van der Waals surface area contributed by atoms with E-state index in [4.69, 9.17) is 0 Å². The van der Waals surface area contributed by atoms with Gasteiger partial charge in [0.25, 0.3) is 5.91 Å². The van der Waals surface area contributed by atoms with Crippen LogP contribution in [0.4, 0.5) is 0 Å². The Morgan fingerprint density at radius 1 is 1.41 bits per heavy atom. The third-order valence-corrected chi connectivity index (χ3v) is 2.48. The third kappa shape index (κ3) is 2.13. The molecule has 0 atom stereocenters. The Balaban J connectivity index is 3.23. The van der Waals surface area contributed by atoms with Crippen molar-refractivity contribution < 1.29 is 19.5 Å². The van der Waals surface area contributed by atoms with Crippen LogP contribution in [-0.2, 0) is 14.4 Å². The highest BCUT2D eigenvalue weighted by molar-refractivity contribution is 6.25. The lowest BCUT2D eigenvalue weighted by atomic mass is 10.1. The molecule has 0 saturated heterocycles. The number of rotatable bonds is 3. The largest absolute Gasteiger partial charge is 0.505 e. The Hall–Kier alpha value is -1.91. The van der Waals surface area contributed by atoms with Crippen molar-refractivity contribution in [2.24, 2.45) is 0 Å². The highest BCUT2D eigenvalue weighted by Gasteiger charge is 2.40. The van der Waals surface area contributed by atoms with Gasteiger partial charge in [0, 0.05) is 13.3 Å². The first-order valence-corrected chi connectivity index (χ1v) is 5.43. The molecule has 0 saturated carbocycles. The molecule has 1 heterocycles. The number of nitrogens with zero attached hydrogens (tertiary/aromatic N) is 1. The SMILES string of the molecule is C/C=C1\C(O)=C(C(=O)CCC)C(=O)N1C(C)=O. The van der Waals surface area contributed by atoms with Gasteiger partial charge < -0.3 is 5.11 Å². The highest BCUT2D eigenvalue weighted by atomic mass is 16.3. The van der Waals surface area contributed by atoms with Crippen LogP contribution in [0.1, 0.15) is 33.6 Å². The minimum atomic E-state index is -0.735. The van der Waals surface area contributed by atoms with E-state index >= 15 is 0 Å². The van der Waals surface area contributed by atoms with Crippen molar-refractivity contribution in [2.75, 3.05) is 0 Å². The second-order valence-corrected chi connectivity index (χ2v) is 3.73. The maximum Gasteiger partial charge on any atom is 0.272 e. The number of hydrogen-bond acceptors (Lipinski definition) is 4. The van der Waals surface area contributed by atoms with Crippen LogP contribution in [0.15, 0.2) is 23.1 Å². The summed E-state index contributed by atoms with van der Waals surface area (Å²) in [6, 6.07) is 0. The first-order chi connectivity index (χ1) is 7.95. The Morgan fingerprint density at radius 3 is 2.35 bits per heavy atom. The van der Waals surface area contributed by atoms with Crippen LogP contribution < -0.4 is 0 Å². The Bertz CT molecular complexity index is 445. The molecule has 1 aliphatic rings. The first kappa shape index (κ1) is 13.2. The summed E-state index contributed by atoms with van der Waals surface area (Å²) < 4.78 is 0. The van der Waals surface area contributed by atoms with Crippen LogP contribution in [0.5, 0.6) is 0 Å². The van der Waals surface area contributed by atoms with Crippen LogP contribution in [0, 0.1) is 0 Å². The summed E-state index contributed by atoms with van der Waals surface area (Å²) in [6.45, 7) is 4.60. The van der Waals surface area contributed by atoms with E-state index in [0.29, 0.717) is 6.42 Å². The summed E-state index contributed by atoms with van der Waals surface area (Å²) in [4.78, 5) is 35.7. The molecule has 5 heteroatoms. The standard InChI is InChI=1S/C12H15NO4/c1-4-6-9(15)10-11(16)8(5-2)13(7(3)14)12(10)17/h5,16H,4,6H2,1-3H3/b8-5+. The van der Waals surface area contributed by atoms with E-state index in [-0.39, 0.29) is 17.7 Å². The molecule has 0 fully saturated rings. The van der Waals surface area contributed by atoms with Gasteiger partial charge in [-0.05, 0) is 13.3 Å². The highest BCUT2D eigenvalue weighted by Crippen LogP contribution is 2.29. The molecule has 1 N–H and O–H groups in total. The Morgan fingerprint density at radius 2 is 2.00 bits per heavy atom. The van der Waals surface area contributed by atoms with E-state index in [1.165, 1.54) is 13.0 Å².